The molecule has 0 saturated carbocycles. The molecule has 2 amide bonds. The summed E-state index contributed by atoms with van der Waals surface area (Å²) in [5.41, 5.74) is 0.982. The molecule has 0 aliphatic carbocycles. The number of carbonyl (C=O) groups is 2. The van der Waals surface area contributed by atoms with E-state index in [0.717, 1.165) is 11.1 Å². The fourth-order valence-corrected chi connectivity index (χ4v) is 2.11. The van der Waals surface area contributed by atoms with Crippen LogP contribution < -0.4 is 10.6 Å². The highest BCUT2D eigenvalue weighted by Crippen LogP contribution is 2.17. The molecule has 5 heteroatoms. The highest BCUT2D eigenvalue weighted by Gasteiger charge is 2.35. The molecule has 122 valence electrons. The number of carbonyl (C=O) groups excluding carboxylic acids is 2. The molecular formula is C18H22N2O3. The summed E-state index contributed by atoms with van der Waals surface area (Å²) in [6.07, 6.45) is 1.54. The van der Waals surface area contributed by atoms with E-state index in [1.54, 1.807) is 32.2 Å². The van der Waals surface area contributed by atoms with Crippen LogP contribution >= 0.6 is 0 Å². The van der Waals surface area contributed by atoms with Crippen LogP contribution in [0, 0.1) is 12.3 Å². The van der Waals surface area contributed by atoms with E-state index in [0.29, 0.717) is 12.3 Å². The summed E-state index contributed by atoms with van der Waals surface area (Å²) < 4.78 is 5.16. The van der Waals surface area contributed by atoms with Gasteiger partial charge in [-0.3, -0.25) is 9.59 Å². The van der Waals surface area contributed by atoms with Gasteiger partial charge in [0.05, 0.1) is 12.8 Å². The molecular weight excluding hydrogens is 292 g/mol. The maximum Gasteiger partial charge on any atom is 0.235 e. The highest BCUT2D eigenvalue weighted by atomic mass is 16.3. The van der Waals surface area contributed by atoms with Crippen molar-refractivity contribution < 1.29 is 14.0 Å². The minimum Gasteiger partial charge on any atom is -0.467 e. The molecule has 0 atom stereocenters. The van der Waals surface area contributed by atoms with Crippen molar-refractivity contribution in [2.75, 3.05) is 0 Å². The second kappa shape index (κ2) is 7.13. The van der Waals surface area contributed by atoms with E-state index < -0.39 is 5.41 Å². The largest absolute Gasteiger partial charge is 0.467 e. The molecule has 2 aromatic rings. The first-order chi connectivity index (χ1) is 10.9. The van der Waals surface area contributed by atoms with E-state index in [-0.39, 0.29) is 18.4 Å². The van der Waals surface area contributed by atoms with Crippen LogP contribution in [0.5, 0.6) is 0 Å². The lowest BCUT2D eigenvalue weighted by Gasteiger charge is -2.22. The molecule has 0 radical (unpaired) electrons. The molecule has 2 N–H and O–H groups in total. The molecule has 0 bridgehead atoms. The van der Waals surface area contributed by atoms with Gasteiger partial charge in [0, 0.05) is 6.54 Å². The van der Waals surface area contributed by atoms with Crippen molar-refractivity contribution >= 4 is 11.8 Å². The van der Waals surface area contributed by atoms with Crippen molar-refractivity contribution in [2.24, 2.45) is 5.41 Å². The fourth-order valence-electron chi connectivity index (χ4n) is 2.11. The van der Waals surface area contributed by atoms with Crippen molar-refractivity contribution in [3.63, 3.8) is 0 Å². The third-order valence-corrected chi connectivity index (χ3v) is 3.84. The number of aryl methyl sites for hydroxylation is 1. The number of hydrogen-bond donors (Lipinski definition) is 2. The summed E-state index contributed by atoms with van der Waals surface area (Å²) >= 11 is 0. The van der Waals surface area contributed by atoms with Crippen molar-refractivity contribution in [1.82, 2.24) is 10.6 Å². The van der Waals surface area contributed by atoms with Crippen LogP contribution in [0.25, 0.3) is 0 Å². The first-order valence-corrected chi connectivity index (χ1v) is 7.54. The van der Waals surface area contributed by atoms with Gasteiger partial charge in [-0.2, -0.15) is 0 Å². The molecule has 5 nitrogen and oxygen atoms in total. The predicted octanol–water partition coefficient (Wildman–Crippen LogP) is 2.55. The van der Waals surface area contributed by atoms with Crippen molar-refractivity contribution in [3.8, 4) is 0 Å². The Morgan fingerprint density at radius 3 is 2.26 bits per heavy atom. The second-order valence-electron chi connectivity index (χ2n) is 6.00. The lowest BCUT2D eigenvalue weighted by atomic mass is 9.91. The molecule has 0 spiro atoms. The summed E-state index contributed by atoms with van der Waals surface area (Å²) in [5, 5.41) is 5.55. The maximum absolute atomic E-state index is 12.4. The summed E-state index contributed by atoms with van der Waals surface area (Å²) in [4.78, 5) is 24.6. The quantitative estimate of drug-likeness (QED) is 0.805. The average molecular weight is 314 g/mol. The highest BCUT2D eigenvalue weighted by molar-refractivity contribution is 6.04. The Balaban J connectivity index is 1.91. The van der Waals surface area contributed by atoms with Crippen LogP contribution in [-0.4, -0.2) is 11.8 Å². The standard InChI is InChI=1S/C18H22N2O3/c1-13-7-4-5-8-14(13)11-19-16(21)18(2,3)17(22)20-12-15-9-6-10-23-15/h4-10H,11-12H2,1-3H3,(H,19,21)(H,20,22). The molecule has 0 saturated heterocycles. The Kier molecular flexibility index (Phi) is 5.21. The zero-order chi connectivity index (χ0) is 16.9. The first-order valence-electron chi connectivity index (χ1n) is 7.54. The van der Waals surface area contributed by atoms with Crippen LogP contribution in [0.3, 0.4) is 0 Å². The monoisotopic (exact) mass is 314 g/mol. The predicted molar refractivity (Wildman–Crippen MR) is 87.4 cm³/mol. The van der Waals surface area contributed by atoms with Crippen LogP contribution in [0.2, 0.25) is 0 Å². The van der Waals surface area contributed by atoms with E-state index >= 15 is 0 Å². The number of benzene rings is 1. The Bertz CT molecular complexity index is 675. The molecule has 1 aromatic carbocycles. The topological polar surface area (TPSA) is 71.3 Å². The minimum atomic E-state index is -1.16. The molecule has 23 heavy (non-hydrogen) atoms. The van der Waals surface area contributed by atoms with Gasteiger partial charge in [0.2, 0.25) is 11.8 Å². The Morgan fingerprint density at radius 2 is 1.65 bits per heavy atom. The van der Waals surface area contributed by atoms with E-state index in [2.05, 4.69) is 10.6 Å². The third-order valence-electron chi connectivity index (χ3n) is 3.84. The summed E-state index contributed by atoms with van der Waals surface area (Å²) in [6.45, 7) is 5.87. The van der Waals surface area contributed by atoms with Gasteiger partial charge in [0.15, 0.2) is 0 Å². The third kappa shape index (κ3) is 4.22. The van der Waals surface area contributed by atoms with Crippen LogP contribution in [-0.2, 0) is 22.7 Å². The number of amides is 2. The zero-order valence-electron chi connectivity index (χ0n) is 13.7. The van der Waals surface area contributed by atoms with Gasteiger partial charge in [0.1, 0.15) is 11.2 Å². The van der Waals surface area contributed by atoms with E-state index in [9.17, 15) is 9.59 Å². The van der Waals surface area contributed by atoms with E-state index in [1.807, 2.05) is 31.2 Å². The number of rotatable bonds is 6. The number of furan rings is 1. The molecule has 1 heterocycles. The Labute approximate surface area is 136 Å². The Hall–Kier alpha value is -2.56. The van der Waals surface area contributed by atoms with Gasteiger partial charge < -0.3 is 15.1 Å². The summed E-state index contributed by atoms with van der Waals surface area (Å²) in [6, 6.07) is 11.3. The maximum atomic E-state index is 12.4. The minimum absolute atomic E-state index is 0.264. The smallest absolute Gasteiger partial charge is 0.235 e. The van der Waals surface area contributed by atoms with Crippen LogP contribution in [0.4, 0.5) is 0 Å². The lowest BCUT2D eigenvalue weighted by molar-refractivity contribution is -0.141. The van der Waals surface area contributed by atoms with Crippen LogP contribution in [0.15, 0.2) is 47.1 Å². The molecule has 0 aliphatic rings. The zero-order valence-corrected chi connectivity index (χ0v) is 13.7. The van der Waals surface area contributed by atoms with Gasteiger partial charge in [0.25, 0.3) is 0 Å². The average Bonchev–Trinajstić information content (AvgIpc) is 3.04. The van der Waals surface area contributed by atoms with Crippen LogP contribution in [0.1, 0.15) is 30.7 Å². The molecule has 0 unspecified atom stereocenters. The van der Waals surface area contributed by atoms with Gasteiger partial charge >= 0.3 is 0 Å². The number of nitrogens with one attached hydrogen (secondary N) is 2. The fraction of sp³-hybridized carbons (Fsp3) is 0.333. The summed E-state index contributed by atoms with van der Waals surface area (Å²) in [5.74, 6) is 0.00310. The van der Waals surface area contributed by atoms with Gasteiger partial charge in [-0.15, -0.1) is 0 Å². The Morgan fingerprint density at radius 1 is 1.00 bits per heavy atom. The van der Waals surface area contributed by atoms with Gasteiger partial charge in [-0.1, -0.05) is 24.3 Å². The van der Waals surface area contributed by atoms with Crippen molar-refractivity contribution in [1.29, 1.82) is 0 Å². The summed E-state index contributed by atoms with van der Waals surface area (Å²) in [7, 11) is 0. The van der Waals surface area contributed by atoms with E-state index in [4.69, 9.17) is 4.42 Å². The normalized spacial score (nSPS) is 11.1. The van der Waals surface area contributed by atoms with Crippen molar-refractivity contribution in [3.05, 3.63) is 59.5 Å². The first kappa shape index (κ1) is 16.8. The second-order valence-corrected chi connectivity index (χ2v) is 6.00. The molecule has 1 aromatic heterocycles. The van der Waals surface area contributed by atoms with Gasteiger partial charge in [-0.25, -0.2) is 0 Å². The van der Waals surface area contributed by atoms with E-state index in [1.165, 1.54) is 0 Å². The molecule has 0 aliphatic heterocycles. The molecule has 0 fully saturated rings. The van der Waals surface area contributed by atoms with Gasteiger partial charge in [-0.05, 0) is 44.0 Å². The SMILES string of the molecule is Cc1ccccc1CNC(=O)C(C)(C)C(=O)NCc1ccco1. The number of hydrogen-bond acceptors (Lipinski definition) is 3. The van der Waals surface area contributed by atoms with Crippen molar-refractivity contribution in [2.45, 2.75) is 33.9 Å². The molecule has 2 rings (SSSR count). The lowest BCUT2D eigenvalue weighted by Crippen LogP contribution is -2.47.